The fourth-order valence-electron chi connectivity index (χ4n) is 5.75. The van der Waals surface area contributed by atoms with Crippen LogP contribution in [0.3, 0.4) is 0 Å². The average molecular weight is 435 g/mol. The van der Waals surface area contributed by atoms with Gasteiger partial charge in [0.25, 0.3) is 0 Å². The summed E-state index contributed by atoms with van der Waals surface area (Å²) in [5.74, 6) is -0.448. The smallest absolute Gasteiger partial charge is 0.246 e. The Labute approximate surface area is 185 Å². The fourth-order valence-corrected chi connectivity index (χ4v) is 5.75. The molecule has 2 amide bonds. The molecule has 3 aliphatic heterocycles. The molecule has 2 bridgehead atoms. The molecule has 1 saturated carbocycles. The third kappa shape index (κ3) is 3.06. The van der Waals surface area contributed by atoms with Crippen LogP contribution in [-0.2, 0) is 20.9 Å². The van der Waals surface area contributed by atoms with Crippen LogP contribution in [0.5, 0.6) is 0 Å². The molecule has 1 spiro atoms. The molecule has 6 rings (SSSR count). The molecule has 2 aromatic heterocycles. The average Bonchev–Trinajstić information content (AvgIpc) is 3.60. The largest absolute Gasteiger partial charge is 0.360 e. The highest BCUT2D eigenvalue weighted by atomic mass is 16.5. The lowest BCUT2D eigenvalue weighted by molar-refractivity contribution is -0.139. The van der Waals surface area contributed by atoms with Crippen LogP contribution in [0.25, 0.3) is 11.4 Å². The van der Waals surface area contributed by atoms with Gasteiger partial charge in [-0.1, -0.05) is 36.6 Å². The number of likely N-dealkylation sites (tertiary alicyclic amines) is 1. The van der Waals surface area contributed by atoms with Gasteiger partial charge in [-0.05, 0) is 25.0 Å². The Hall–Kier alpha value is -3.07. The number of carbonyl (C=O) groups excluding carboxylic acids is 2. The third-order valence-electron chi connectivity index (χ3n) is 7.25. The second-order valence-electron chi connectivity index (χ2n) is 9.13. The van der Waals surface area contributed by atoms with Crippen LogP contribution >= 0.6 is 0 Å². The standard InChI is InChI=1S/C23H25N5O4/c29-21(25-12-17-26-20(27-32-17)14-5-4-10-24-11-14)18-16-8-9-23(31-16)13-28(22(30)19(18)23)15-6-2-1-3-7-15/h4-5,8-11,15-16,18-19H,1-3,6-7,12-13H2,(H,25,29)/t16-,18+,19-,23-/m1/s1. The molecule has 32 heavy (non-hydrogen) atoms. The molecule has 9 nitrogen and oxygen atoms in total. The SMILES string of the molecule is O=C(NCc1nc(-c2cccnc2)no1)[C@H]1[C@H]2C=C[C@]3(CN(C4CCCCC4)C(=O)[C@@H]13)O2. The van der Waals surface area contributed by atoms with Gasteiger partial charge in [0.05, 0.1) is 31.0 Å². The highest BCUT2D eigenvalue weighted by Gasteiger charge is 2.67. The Bertz CT molecular complexity index is 1060. The Kier molecular flexibility index (Phi) is 4.60. The second kappa shape index (κ2) is 7.51. The number of hydrogen-bond acceptors (Lipinski definition) is 7. The number of amides is 2. The summed E-state index contributed by atoms with van der Waals surface area (Å²) in [6.07, 6.45) is 12.5. The number of pyridine rings is 1. The summed E-state index contributed by atoms with van der Waals surface area (Å²) < 4.78 is 11.5. The zero-order chi connectivity index (χ0) is 21.7. The summed E-state index contributed by atoms with van der Waals surface area (Å²) in [4.78, 5) is 36.9. The minimum absolute atomic E-state index is 0.0561. The predicted octanol–water partition coefficient (Wildman–Crippen LogP) is 1.86. The fraction of sp³-hybridized carbons (Fsp3) is 0.522. The van der Waals surface area contributed by atoms with Crippen LogP contribution in [0.4, 0.5) is 0 Å². The molecule has 1 aliphatic carbocycles. The summed E-state index contributed by atoms with van der Waals surface area (Å²) in [6, 6.07) is 3.89. The van der Waals surface area contributed by atoms with Crippen LogP contribution in [0.2, 0.25) is 0 Å². The van der Waals surface area contributed by atoms with Gasteiger partial charge >= 0.3 is 0 Å². The van der Waals surface area contributed by atoms with Crippen LogP contribution in [0, 0.1) is 11.8 Å². The van der Waals surface area contributed by atoms with Gasteiger partial charge in [-0.3, -0.25) is 14.6 Å². The summed E-state index contributed by atoms with van der Waals surface area (Å²) in [7, 11) is 0. The number of nitrogens with one attached hydrogen (secondary N) is 1. The molecular formula is C23H25N5O4. The predicted molar refractivity (Wildman–Crippen MR) is 112 cm³/mol. The third-order valence-corrected chi connectivity index (χ3v) is 7.25. The normalized spacial score (nSPS) is 31.3. The maximum Gasteiger partial charge on any atom is 0.246 e. The Morgan fingerprint density at radius 3 is 2.97 bits per heavy atom. The van der Waals surface area contributed by atoms with Crippen molar-refractivity contribution in [1.29, 1.82) is 0 Å². The summed E-state index contributed by atoms with van der Waals surface area (Å²) >= 11 is 0. The van der Waals surface area contributed by atoms with E-state index in [2.05, 4.69) is 20.4 Å². The van der Waals surface area contributed by atoms with E-state index in [1.54, 1.807) is 18.5 Å². The van der Waals surface area contributed by atoms with Crippen molar-refractivity contribution in [2.24, 2.45) is 11.8 Å². The molecule has 5 heterocycles. The first kappa shape index (κ1) is 19.6. The molecule has 2 aromatic rings. The number of aromatic nitrogens is 3. The quantitative estimate of drug-likeness (QED) is 0.714. The molecule has 2 saturated heterocycles. The maximum atomic E-state index is 13.4. The van der Waals surface area contributed by atoms with Gasteiger partial charge in [0.2, 0.25) is 23.5 Å². The van der Waals surface area contributed by atoms with Crippen LogP contribution < -0.4 is 5.32 Å². The lowest BCUT2D eigenvalue weighted by Gasteiger charge is -2.32. The lowest BCUT2D eigenvalue weighted by Crippen LogP contribution is -2.45. The van der Waals surface area contributed by atoms with Crippen molar-refractivity contribution in [1.82, 2.24) is 25.3 Å². The first-order valence-corrected chi connectivity index (χ1v) is 11.3. The van der Waals surface area contributed by atoms with Gasteiger partial charge in [-0.25, -0.2) is 0 Å². The Morgan fingerprint density at radius 2 is 2.16 bits per heavy atom. The number of nitrogens with zero attached hydrogens (tertiary/aromatic N) is 4. The maximum absolute atomic E-state index is 13.4. The number of ether oxygens (including phenoxy) is 1. The molecule has 3 fully saturated rings. The van der Waals surface area contributed by atoms with E-state index < -0.39 is 17.4 Å². The molecule has 166 valence electrons. The van der Waals surface area contributed by atoms with E-state index in [1.165, 1.54) is 6.42 Å². The summed E-state index contributed by atoms with van der Waals surface area (Å²) in [6.45, 7) is 0.648. The van der Waals surface area contributed by atoms with Crippen molar-refractivity contribution in [3.8, 4) is 11.4 Å². The van der Waals surface area contributed by atoms with Gasteiger partial charge in [0.15, 0.2) is 0 Å². The van der Waals surface area contributed by atoms with Crippen molar-refractivity contribution in [3.05, 3.63) is 42.6 Å². The monoisotopic (exact) mass is 435 g/mol. The lowest BCUT2D eigenvalue weighted by atomic mass is 9.77. The minimum Gasteiger partial charge on any atom is -0.360 e. The minimum atomic E-state index is -0.667. The molecule has 4 aliphatic rings. The molecule has 0 unspecified atom stereocenters. The van der Waals surface area contributed by atoms with Gasteiger partial charge in [0, 0.05) is 24.0 Å². The van der Waals surface area contributed by atoms with Crippen molar-refractivity contribution in [3.63, 3.8) is 0 Å². The first-order valence-electron chi connectivity index (χ1n) is 11.3. The van der Waals surface area contributed by atoms with Gasteiger partial charge < -0.3 is 19.5 Å². The number of carbonyl (C=O) groups is 2. The van der Waals surface area contributed by atoms with Gasteiger partial charge in [-0.2, -0.15) is 4.98 Å². The number of hydrogen-bond donors (Lipinski definition) is 1. The van der Waals surface area contributed by atoms with Crippen LogP contribution in [0.15, 0.2) is 41.2 Å². The highest BCUT2D eigenvalue weighted by molar-refractivity contribution is 5.93. The van der Waals surface area contributed by atoms with Crippen LogP contribution in [-0.4, -0.2) is 56.1 Å². The highest BCUT2D eigenvalue weighted by Crippen LogP contribution is 2.52. The molecule has 1 N–H and O–H groups in total. The van der Waals surface area contributed by atoms with E-state index in [0.717, 1.165) is 31.2 Å². The van der Waals surface area contributed by atoms with E-state index in [-0.39, 0.29) is 30.5 Å². The van der Waals surface area contributed by atoms with Crippen molar-refractivity contribution in [2.75, 3.05) is 6.54 Å². The van der Waals surface area contributed by atoms with Gasteiger partial charge in [0.1, 0.15) is 5.60 Å². The molecule has 4 atom stereocenters. The molecule has 9 heteroatoms. The number of rotatable bonds is 5. The number of fused-ring (bicyclic) bond motifs is 1. The van der Waals surface area contributed by atoms with E-state index >= 15 is 0 Å². The van der Waals surface area contributed by atoms with Crippen LogP contribution in [0.1, 0.15) is 38.0 Å². The molecule has 0 aromatic carbocycles. The Balaban J connectivity index is 1.15. The first-order chi connectivity index (χ1) is 15.6. The van der Waals surface area contributed by atoms with Crippen molar-refractivity contribution >= 4 is 11.8 Å². The van der Waals surface area contributed by atoms with Gasteiger partial charge in [-0.15, -0.1) is 0 Å². The zero-order valence-electron chi connectivity index (χ0n) is 17.6. The molecular weight excluding hydrogens is 410 g/mol. The summed E-state index contributed by atoms with van der Waals surface area (Å²) in [5.41, 5.74) is 0.0703. The molecule has 0 radical (unpaired) electrons. The van der Waals surface area contributed by atoms with E-state index in [1.807, 2.05) is 23.1 Å². The van der Waals surface area contributed by atoms with E-state index in [9.17, 15) is 9.59 Å². The van der Waals surface area contributed by atoms with E-state index in [4.69, 9.17) is 9.26 Å². The summed E-state index contributed by atoms with van der Waals surface area (Å²) in [5, 5.41) is 6.83. The van der Waals surface area contributed by atoms with Crippen molar-refractivity contribution in [2.45, 2.75) is 56.4 Å². The van der Waals surface area contributed by atoms with E-state index in [0.29, 0.717) is 18.3 Å². The Morgan fingerprint density at radius 1 is 1.28 bits per heavy atom. The topological polar surface area (TPSA) is 110 Å². The zero-order valence-corrected chi connectivity index (χ0v) is 17.6. The second-order valence-corrected chi connectivity index (χ2v) is 9.13. The van der Waals surface area contributed by atoms with Crippen molar-refractivity contribution < 1.29 is 18.8 Å².